The lowest BCUT2D eigenvalue weighted by Gasteiger charge is -2.42. The summed E-state index contributed by atoms with van der Waals surface area (Å²) in [5.74, 6) is 2.54. The minimum atomic E-state index is 0.244. The molecule has 0 aliphatic carbocycles. The molecule has 0 spiro atoms. The van der Waals surface area contributed by atoms with E-state index in [2.05, 4.69) is 45.3 Å². The number of aromatic nitrogens is 2. The maximum Gasteiger partial charge on any atom is 0.127 e. The molecule has 2 heterocycles. The fourth-order valence-electron chi connectivity index (χ4n) is 3.86. The van der Waals surface area contributed by atoms with Crippen LogP contribution in [0.5, 0.6) is 5.75 Å². The first-order chi connectivity index (χ1) is 13.1. The van der Waals surface area contributed by atoms with Gasteiger partial charge in [-0.05, 0) is 36.6 Å². The van der Waals surface area contributed by atoms with Crippen LogP contribution in [0, 0.1) is 5.92 Å². The van der Waals surface area contributed by atoms with Gasteiger partial charge >= 0.3 is 0 Å². The third kappa shape index (κ3) is 5.09. The summed E-state index contributed by atoms with van der Waals surface area (Å²) in [6.07, 6.45) is 4.70. The van der Waals surface area contributed by atoms with Crippen LogP contribution in [0.15, 0.2) is 36.7 Å². The molecule has 1 aromatic heterocycles. The number of hydrogen-bond donors (Lipinski definition) is 1. The molecule has 0 amide bonds. The van der Waals surface area contributed by atoms with E-state index in [1.54, 1.807) is 7.11 Å². The molecule has 27 heavy (non-hydrogen) atoms. The number of aliphatic hydroxyl groups is 1. The zero-order valence-electron chi connectivity index (χ0n) is 16.7. The number of piperazine rings is 1. The van der Waals surface area contributed by atoms with E-state index in [0.29, 0.717) is 12.0 Å². The van der Waals surface area contributed by atoms with Gasteiger partial charge in [0.25, 0.3) is 0 Å². The van der Waals surface area contributed by atoms with Crippen LogP contribution in [0.2, 0.25) is 0 Å². The van der Waals surface area contributed by atoms with Gasteiger partial charge in [0, 0.05) is 56.9 Å². The lowest BCUT2D eigenvalue weighted by atomic mass is 10.1. The molecule has 1 atom stereocenters. The number of imidazole rings is 1. The summed E-state index contributed by atoms with van der Waals surface area (Å²) >= 11 is 0. The highest BCUT2D eigenvalue weighted by atomic mass is 16.5. The minimum absolute atomic E-state index is 0.244. The second-order valence-electron chi connectivity index (χ2n) is 7.70. The highest BCUT2D eigenvalue weighted by Gasteiger charge is 2.27. The van der Waals surface area contributed by atoms with Crippen molar-refractivity contribution in [2.75, 3.05) is 39.9 Å². The second kappa shape index (κ2) is 9.35. The van der Waals surface area contributed by atoms with E-state index in [0.717, 1.165) is 56.4 Å². The molecule has 1 saturated heterocycles. The Bertz CT molecular complexity index is 698. The lowest BCUT2D eigenvalue weighted by Crippen LogP contribution is -2.54. The molecule has 1 N–H and O–H groups in total. The van der Waals surface area contributed by atoms with Crippen molar-refractivity contribution in [2.45, 2.75) is 32.9 Å². The predicted molar refractivity (Wildman–Crippen MR) is 107 cm³/mol. The summed E-state index contributed by atoms with van der Waals surface area (Å²) in [4.78, 5) is 9.59. The Kier molecular flexibility index (Phi) is 6.88. The van der Waals surface area contributed by atoms with Crippen LogP contribution < -0.4 is 4.74 Å². The van der Waals surface area contributed by atoms with Gasteiger partial charge in [-0.3, -0.25) is 9.80 Å². The van der Waals surface area contributed by atoms with Crippen molar-refractivity contribution in [1.29, 1.82) is 0 Å². The Hall–Kier alpha value is -1.89. The number of rotatable bonds is 8. The van der Waals surface area contributed by atoms with Crippen molar-refractivity contribution < 1.29 is 9.84 Å². The van der Waals surface area contributed by atoms with Crippen LogP contribution in [-0.2, 0) is 6.54 Å². The van der Waals surface area contributed by atoms with Crippen molar-refractivity contribution in [3.05, 3.63) is 42.5 Å². The molecule has 1 aliphatic heterocycles. The highest BCUT2D eigenvalue weighted by Crippen LogP contribution is 2.20. The van der Waals surface area contributed by atoms with Crippen LogP contribution in [-0.4, -0.2) is 70.4 Å². The number of benzene rings is 1. The number of ether oxygens (including phenoxy) is 1. The molecule has 6 heteroatoms. The van der Waals surface area contributed by atoms with Crippen LogP contribution >= 0.6 is 0 Å². The normalized spacial score (nSPS) is 18.9. The first-order valence-electron chi connectivity index (χ1n) is 9.84. The molecule has 1 aromatic carbocycles. The van der Waals surface area contributed by atoms with Crippen molar-refractivity contribution in [3.8, 4) is 11.4 Å². The van der Waals surface area contributed by atoms with Gasteiger partial charge < -0.3 is 14.4 Å². The third-order valence-electron chi connectivity index (χ3n) is 5.18. The first kappa shape index (κ1) is 19.9. The SMILES string of the molecule is COc1ccc(-n2ccnc2CN2CCN(CC(C)C)[C@@H](CCO)C2)cc1. The van der Waals surface area contributed by atoms with Crippen molar-refractivity contribution in [2.24, 2.45) is 5.92 Å². The molecule has 0 radical (unpaired) electrons. The standard InChI is InChI=1S/C21H32N4O2/c1-17(2)14-24-12-11-23(15-19(24)8-13-26)16-21-22-9-10-25(21)18-4-6-20(27-3)7-5-18/h4-7,9-10,17,19,26H,8,11-16H2,1-3H3/t19-/m0/s1. The summed E-state index contributed by atoms with van der Waals surface area (Å²) in [5, 5.41) is 9.48. The average Bonchev–Trinajstić information content (AvgIpc) is 3.12. The Morgan fingerprint density at radius 3 is 2.67 bits per heavy atom. The highest BCUT2D eigenvalue weighted by molar-refractivity contribution is 5.38. The third-order valence-corrected chi connectivity index (χ3v) is 5.18. The molecule has 3 rings (SSSR count). The van der Waals surface area contributed by atoms with Crippen LogP contribution in [0.3, 0.4) is 0 Å². The molecule has 0 saturated carbocycles. The van der Waals surface area contributed by atoms with Gasteiger partial charge in [-0.2, -0.15) is 0 Å². The van der Waals surface area contributed by atoms with Gasteiger partial charge in [-0.1, -0.05) is 13.8 Å². The molecule has 1 aliphatic rings. The van der Waals surface area contributed by atoms with Crippen molar-refractivity contribution in [3.63, 3.8) is 0 Å². The van der Waals surface area contributed by atoms with Gasteiger partial charge in [0.1, 0.15) is 11.6 Å². The molecule has 148 valence electrons. The molecular weight excluding hydrogens is 340 g/mol. The van der Waals surface area contributed by atoms with Crippen molar-refractivity contribution in [1.82, 2.24) is 19.4 Å². The second-order valence-corrected chi connectivity index (χ2v) is 7.70. The number of nitrogens with zero attached hydrogens (tertiary/aromatic N) is 4. The summed E-state index contributed by atoms with van der Waals surface area (Å²) in [6.45, 7) is 9.73. The fraction of sp³-hybridized carbons (Fsp3) is 0.571. The Morgan fingerprint density at radius 1 is 1.22 bits per heavy atom. The fourth-order valence-corrected chi connectivity index (χ4v) is 3.86. The van der Waals surface area contributed by atoms with E-state index < -0.39 is 0 Å². The minimum Gasteiger partial charge on any atom is -0.497 e. The van der Waals surface area contributed by atoms with E-state index >= 15 is 0 Å². The van der Waals surface area contributed by atoms with E-state index in [1.807, 2.05) is 24.5 Å². The smallest absolute Gasteiger partial charge is 0.127 e. The van der Waals surface area contributed by atoms with Crippen LogP contribution in [0.1, 0.15) is 26.1 Å². The average molecular weight is 373 g/mol. The van der Waals surface area contributed by atoms with Gasteiger partial charge in [0.2, 0.25) is 0 Å². The summed E-state index contributed by atoms with van der Waals surface area (Å²) in [5.41, 5.74) is 1.09. The molecule has 0 bridgehead atoms. The Labute approximate surface area is 162 Å². The number of aliphatic hydroxyl groups excluding tert-OH is 1. The maximum atomic E-state index is 9.48. The molecule has 6 nitrogen and oxygen atoms in total. The van der Waals surface area contributed by atoms with Crippen LogP contribution in [0.4, 0.5) is 0 Å². The summed E-state index contributed by atoms with van der Waals surface area (Å²) < 4.78 is 7.39. The molecular formula is C21H32N4O2. The van der Waals surface area contributed by atoms with Gasteiger partial charge in [-0.25, -0.2) is 4.98 Å². The number of hydrogen-bond acceptors (Lipinski definition) is 5. The quantitative estimate of drug-likeness (QED) is 0.771. The van der Waals surface area contributed by atoms with Crippen LogP contribution in [0.25, 0.3) is 5.69 Å². The zero-order chi connectivity index (χ0) is 19.2. The van der Waals surface area contributed by atoms with Gasteiger partial charge in [-0.15, -0.1) is 0 Å². The van der Waals surface area contributed by atoms with E-state index in [1.165, 1.54) is 0 Å². The predicted octanol–water partition coefficient (Wildman–Crippen LogP) is 2.41. The molecule has 1 fully saturated rings. The Balaban J connectivity index is 1.68. The largest absolute Gasteiger partial charge is 0.497 e. The van der Waals surface area contributed by atoms with E-state index in [-0.39, 0.29) is 6.61 Å². The number of methoxy groups -OCH3 is 1. The molecule has 0 unspecified atom stereocenters. The molecule has 2 aromatic rings. The van der Waals surface area contributed by atoms with Crippen molar-refractivity contribution >= 4 is 0 Å². The maximum absolute atomic E-state index is 9.48. The Morgan fingerprint density at radius 2 is 2.00 bits per heavy atom. The first-order valence-corrected chi connectivity index (χ1v) is 9.84. The lowest BCUT2D eigenvalue weighted by molar-refractivity contribution is 0.0463. The summed E-state index contributed by atoms with van der Waals surface area (Å²) in [7, 11) is 1.68. The van der Waals surface area contributed by atoms with E-state index in [9.17, 15) is 5.11 Å². The monoisotopic (exact) mass is 372 g/mol. The van der Waals surface area contributed by atoms with E-state index in [4.69, 9.17) is 4.74 Å². The van der Waals surface area contributed by atoms with Gasteiger partial charge in [0.05, 0.1) is 13.7 Å². The van der Waals surface area contributed by atoms with Gasteiger partial charge in [0.15, 0.2) is 0 Å². The zero-order valence-corrected chi connectivity index (χ0v) is 16.7. The topological polar surface area (TPSA) is 53.8 Å². The summed E-state index contributed by atoms with van der Waals surface area (Å²) in [6, 6.07) is 8.47.